The van der Waals surface area contributed by atoms with Gasteiger partial charge in [0.05, 0.1) is 5.69 Å². The van der Waals surface area contributed by atoms with Crippen molar-refractivity contribution in [3.05, 3.63) is 70.7 Å². The third-order valence-corrected chi connectivity index (χ3v) is 6.73. The SMILES string of the molecule is Cc1ccccc1-c1nc2scc(CCNS(=O)(=O)c3cc(F)ccc3F)n2n1. The summed E-state index contributed by atoms with van der Waals surface area (Å²) in [7, 11) is -4.17. The molecule has 0 bridgehead atoms. The number of thiazole rings is 1. The molecule has 0 unspecified atom stereocenters. The molecule has 2 aromatic heterocycles. The Morgan fingerprint density at radius 1 is 1.17 bits per heavy atom. The Morgan fingerprint density at radius 2 is 1.97 bits per heavy atom. The van der Waals surface area contributed by atoms with Crippen molar-refractivity contribution in [1.82, 2.24) is 19.3 Å². The van der Waals surface area contributed by atoms with Crippen LogP contribution in [-0.2, 0) is 16.4 Å². The van der Waals surface area contributed by atoms with E-state index in [1.807, 2.05) is 36.6 Å². The number of nitrogens with zero attached hydrogens (tertiary/aromatic N) is 3. The fourth-order valence-electron chi connectivity index (χ4n) is 2.91. The first-order valence-corrected chi connectivity index (χ1v) is 11.1. The first-order valence-electron chi connectivity index (χ1n) is 8.69. The normalized spacial score (nSPS) is 12.0. The second-order valence-corrected chi connectivity index (χ2v) is 8.97. The van der Waals surface area contributed by atoms with Crippen LogP contribution in [0.25, 0.3) is 16.3 Å². The van der Waals surface area contributed by atoms with Crippen molar-refractivity contribution in [3.8, 4) is 11.4 Å². The molecule has 0 saturated carbocycles. The smallest absolute Gasteiger partial charge is 0.211 e. The van der Waals surface area contributed by atoms with Crippen LogP contribution in [0.2, 0.25) is 0 Å². The lowest BCUT2D eigenvalue weighted by molar-refractivity contribution is 0.545. The number of benzene rings is 2. The number of rotatable bonds is 6. The minimum atomic E-state index is -4.17. The minimum absolute atomic E-state index is 0.00365. The lowest BCUT2D eigenvalue weighted by Crippen LogP contribution is -2.27. The third-order valence-electron chi connectivity index (χ3n) is 4.39. The molecule has 1 N–H and O–H groups in total. The summed E-state index contributed by atoms with van der Waals surface area (Å²) in [5, 5.41) is 6.37. The number of halogens is 2. The van der Waals surface area contributed by atoms with Crippen molar-refractivity contribution in [2.24, 2.45) is 0 Å². The van der Waals surface area contributed by atoms with Gasteiger partial charge in [0.1, 0.15) is 16.5 Å². The molecule has 0 aliphatic rings. The fraction of sp³-hybridized carbons (Fsp3) is 0.158. The quantitative estimate of drug-likeness (QED) is 0.503. The Hall–Kier alpha value is -2.69. The van der Waals surface area contributed by atoms with Gasteiger partial charge < -0.3 is 0 Å². The standard InChI is InChI=1S/C19H16F2N4O2S2/c1-12-4-2-3-5-15(12)18-23-19-25(24-18)14(11-28-19)8-9-22-29(26,27)17-10-13(20)6-7-16(17)21/h2-7,10-11,22H,8-9H2,1H3. The number of aromatic nitrogens is 3. The monoisotopic (exact) mass is 434 g/mol. The number of hydrogen-bond acceptors (Lipinski definition) is 5. The molecular formula is C19H16F2N4O2S2. The maximum Gasteiger partial charge on any atom is 0.243 e. The van der Waals surface area contributed by atoms with E-state index in [1.165, 1.54) is 11.3 Å². The van der Waals surface area contributed by atoms with E-state index in [0.717, 1.165) is 29.0 Å². The summed E-state index contributed by atoms with van der Waals surface area (Å²) in [5.74, 6) is -1.23. The van der Waals surface area contributed by atoms with Crippen molar-refractivity contribution in [2.75, 3.05) is 6.54 Å². The van der Waals surface area contributed by atoms with E-state index < -0.39 is 26.6 Å². The average Bonchev–Trinajstić information content (AvgIpc) is 3.25. The van der Waals surface area contributed by atoms with E-state index in [0.29, 0.717) is 23.3 Å². The Kier molecular flexibility index (Phi) is 5.15. The maximum absolute atomic E-state index is 13.8. The van der Waals surface area contributed by atoms with E-state index >= 15 is 0 Å². The topological polar surface area (TPSA) is 76.4 Å². The van der Waals surface area contributed by atoms with Gasteiger partial charge in [0.25, 0.3) is 0 Å². The summed E-state index contributed by atoms with van der Waals surface area (Å²) in [6.07, 6.45) is 0.312. The Balaban J connectivity index is 1.52. The largest absolute Gasteiger partial charge is 0.243 e. The van der Waals surface area contributed by atoms with E-state index in [2.05, 4.69) is 14.8 Å². The Labute approximate surface area is 169 Å². The molecule has 2 heterocycles. The van der Waals surface area contributed by atoms with Gasteiger partial charge in [-0.15, -0.1) is 16.4 Å². The number of sulfonamides is 1. The molecule has 4 aromatic rings. The molecule has 0 fully saturated rings. The molecule has 150 valence electrons. The van der Waals surface area contributed by atoms with E-state index in [9.17, 15) is 17.2 Å². The van der Waals surface area contributed by atoms with Crippen LogP contribution in [0.3, 0.4) is 0 Å². The summed E-state index contributed by atoms with van der Waals surface area (Å²) in [5.41, 5.74) is 2.74. The Bertz CT molecular complexity index is 1300. The molecular weight excluding hydrogens is 418 g/mol. The van der Waals surface area contributed by atoms with Crippen molar-refractivity contribution in [3.63, 3.8) is 0 Å². The highest BCUT2D eigenvalue weighted by atomic mass is 32.2. The Morgan fingerprint density at radius 3 is 2.76 bits per heavy atom. The lowest BCUT2D eigenvalue weighted by atomic mass is 10.1. The molecule has 29 heavy (non-hydrogen) atoms. The predicted molar refractivity (Wildman–Crippen MR) is 106 cm³/mol. The zero-order valence-electron chi connectivity index (χ0n) is 15.3. The van der Waals surface area contributed by atoms with Gasteiger partial charge in [-0.05, 0) is 30.7 Å². The molecule has 4 rings (SSSR count). The van der Waals surface area contributed by atoms with Gasteiger partial charge in [0.2, 0.25) is 15.0 Å². The van der Waals surface area contributed by atoms with Crippen LogP contribution >= 0.6 is 11.3 Å². The molecule has 0 radical (unpaired) electrons. The summed E-state index contributed by atoms with van der Waals surface area (Å²) < 4.78 is 55.6. The molecule has 0 saturated heterocycles. The zero-order valence-corrected chi connectivity index (χ0v) is 16.9. The molecule has 0 spiro atoms. The predicted octanol–water partition coefficient (Wildman–Crippen LogP) is 3.57. The minimum Gasteiger partial charge on any atom is -0.211 e. The van der Waals surface area contributed by atoms with Crippen LogP contribution in [0, 0.1) is 18.6 Å². The molecule has 0 aliphatic carbocycles. The second-order valence-electron chi connectivity index (χ2n) is 6.39. The highest BCUT2D eigenvalue weighted by molar-refractivity contribution is 7.89. The van der Waals surface area contributed by atoms with Crippen molar-refractivity contribution in [2.45, 2.75) is 18.2 Å². The average molecular weight is 434 g/mol. The highest BCUT2D eigenvalue weighted by Crippen LogP contribution is 2.23. The molecule has 2 aromatic carbocycles. The molecule has 10 heteroatoms. The van der Waals surface area contributed by atoms with Crippen LogP contribution in [-0.4, -0.2) is 29.6 Å². The van der Waals surface area contributed by atoms with E-state index in [4.69, 9.17) is 0 Å². The number of nitrogens with one attached hydrogen (secondary N) is 1. The van der Waals surface area contributed by atoms with Crippen molar-refractivity contribution in [1.29, 1.82) is 0 Å². The summed E-state index contributed by atoms with van der Waals surface area (Å²) >= 11 is 1.40. The van der Waals surface area contributed by atoms with E-state index in [-0.39, 0.29) is 6.54 Å². The maximum atomic E-state index is 13.8. The zero-order chi connectivity index (χ0) is 20.6. The van der Waals surface area contributed by atoms with Crippen LogP contribution < -0.4 is 4.72 Å². The van der Waals surface area contributed by atoms with Gasteiger partial charge in [-0.3, -0.25) is 0 Å². The van der Waals surface area contributed by atoms with Crippen molar-refractivity contribution < 1.29 is 17.2 Å². The molecule has 0 amide bonds. The first-order chi connectivity index (χ1) is 13.8. The van der Waals surface area contributed by atoms with Crippen LogP contribution in [0.1, 0.15) is 11.3 Å². The second kappa shape index (κ2) is 7.62. The summed E-state index contributed by atoms with van der Waals surface area (Å²) in [6.45, 7) is 1.98. The summed E-state index contributed by atoms with van der Waals surface area (Å²) in [6, 6.07) is 10.1. The van der Waals surface area contributed by atoms with Gasteiger partial charge in [0, 0.05) is 23.9 Å². The number of aryl methyl sites for hydroxylation is 1. The van der Waals surface area contributed by atoms with Gasteiger partial charge in [-0.1, -0.05) is 24.3 Å². The van der Waals surface area contributed by atoms with Gasteiger partial charge in [-0.25, -0.2) is 26.4 Å². The van der Waals surface area contributed by atoms with Crippen molar-refractivity contribution >= 4 is 26.3 Å². The fourth-order valence-corrected chi connectivity index (χ4v) is 4.88. The van der Waals surface area contributed by atoms with Gasteiger partial charge >= 0.3 is 0 Å². The van der Waals surface area contributed by atoms with Crippen LogP contribution in [0.5, 0.6) is 0 Å². The number of fused-ring (bicyclic) bond motifs is 1. The van der Waals surface area contributed by atoms with E-state index in [1.54, 1.807) is 4.52 Å². The van der Waals surface area contributed by atoms with Crippen LogP contribution in [0.15, 0.2) is 52.7 Å². The number of hydrogen-bond donors (Lipinski definition) is 1. The van der Waals surface area contributed by atoms with Gasteiger partial charge in [0.15, 0.2) is 5.82 Å². The molecule has 0 aliphatic heterocycles. The summed E-state index contributed by atoms with van der Waals surface area (Å²) in [4.78, 5) is 4.51. The molecule has 6 nitrogen and oxygen atoms in total. The van der Waals surface area contributed by atoms with Crippen LogP contribution in [0.4, 0.5) is 8.78 Å². The third kappa shape index (κ3) is 3.91. The van der Waals surface area contributed by atoms with Gasteiger partial charge in [-0.2, -0.15) is 4.98 Å². The lowest BCUT2D eigenvalue weighted by Gasteiger charge is -2.07. The molecule has 0 atom stereocenters. The first kappa shape index (κ1) is 19.6. The highest BCUT2D eigenvalue weighted by Gasteiger charge is 2.20.